The largest absolute Gasteiger partial charge is 0.339 e. The summed E-state index contributed by atoms with van der Waals surface area (Å²) in [6, 6.07) is 17.5. The molecule has 1 atom stereocenters. The minimum atomic E-state index is 0.0474. The zero-order chi connectivity index (χ0) is 14.5. The summed E-state index contributed by atoms with van der Waals surface area (Å²) in [6.07, 6.45) is 0.327. The maximum atomic E-state index is 12.3. The molecule has 0 aliphatic rings. The topological polar surface area (TPSA) is 20.3 Å². The van der Waals surface area contributed by atoms with Crippen molar-refractivity contribution in [3.8, 4) is 0 Å². The minimum Gasteiger partial charge on any atom is -0.339 e. The third-order valence-electron chi connectivity index (χ3n) is 3.56. The Labute approximate surface area is 125 Å². The fourth-order valence-electron chi connectivity index (χ4n) is 2.10. The van der Waals surface area contributed by atoms with Gasteiger partial charge in [0, 0.05) is 12.1 Å². The van der Waals surface area contributed by atoms with Crippen LogP contribution < -0.4 is 0 Å². The molecule has 0 radical (unpaired) electrons. The minimum absolute atomic E-state index is 0.0474. The van der Waals surface area contributed by atoms with Gasteiger partial charge in [0.05, 0.1) is 12.5 Å². The number of carbonyl (C=O) groups is 1. The van der Waals surface area contributed by atoms with Crippen LogP contribution in [0.3, 0.4) is 0 Å². The van der Waals surface area contributed by atoms with Gasteiger partial charge in [-0.15, -0.1) is 0 Å². The van der Waals surface area contributed by atoms with Crippen LogP contribution in [0.1, 0.15) is 24.1 Å². The first-order valence-electron chi connectivity index (χ1n) is 6.63. The summed E-state index contributed by atoms with van der Waals surface area (Å²) in [5.74, 6) is 0.0643. The summed E-state index contributed by atoms with van der Waals surface area (Å²) in [7, 11) is 1.83. The van der Waals surface area contributed by atoms with E-state index in [2.05, 4.69) is 0 Å². The molecule has 0 aromatic heterocycles. The molecule has 0 fully saturated rings. The van der Waals surface area contributed by atoms with Crippen LogP contribution in [0.25, 0.3) is 0 Å². The average Bonchev–Trinajstić information content (AvgIpc) is 2.49. The molecule has 0 heterocycles. The Morgan fingerprint density at radius 1 is 1.10 bits per heavy atom. The van der Waals surface area contributed by atoms with Crippen molar-refractivity contribution in [1.29, 1.82) is 0 Å². The van der Waals surface area contributed by atoms with Crippen molar-refractivity contribution in [2.24, 2.45) is 0 Å². The molecule has 2 aromatic rings. The smallest absolute Gasteiger partial charge is 0.227 e. The summed E-state index contributed by atoms with van der Waals surface area (Å²) in [5.41, 5.74) is 1.99. The van der Waals surface area contributed by atoms with Gasteiger partial charge in [0.1, 0.15) is 0 Å². The highest BCUT2D eigenvalue weighted by Gasteiger charge is 2.18. The number of benzene rings is 2. The van der Waals surface area contributed by atoms with Gasteiger partial charge in [-0.05, 0) is 24.1 Å². The number of hydrogen-bond donors (Lipinski definition) is 0. The van der Waals surface area contributed by atoms with Gasteiger partial charge in [-0.2, -0.15) is 0 Å². The SMILES string of the molecule is CC(c1ccccc1)N(C)C(=O)Cc1ccccc1Cl. The molecule has 2 rings (SSSR count). The Morgan fingerprint density at radius 3 is 2.35 bits per heavy atom. The lowest BCUT2D eigenvalue weighted by atomic mass is 10.1. The lowest BCUT2D eigenvalue weighted by Crippen LogP contribution is -2.31. The first-order chi connectivity index (χ1) is 9.59. The highest BCUT2D eigenvalue weighted by atomic mass is 35.5. The zero-order valence-corrected chi connectivity index (χ0v) is 12.5. The normalized spacial score (nSPS) is 11.9. The van der Waals surface area contributed by atoms with Crippen LogP contribution in [0.4, 0.5) is 0 Å². The zero-order valence-electron chi connectivity index (χ0n) is 11.7. The molecule has 0 spiro atoms. The molecular formula is C17H18ClNO. The Balaban J connectivity index is 2.08. The lowest BCUT2D eigenvalue weighted by Gasteiger charge is -2.25. The molecule has 0 aliphatic carbocycles. The van der Waals surface area contributed by atoms with Gasteiger partial charge in [-0.25, -0.2) is 0 Å². The number of likely N-dealkylation sites (N-methyl/N-ethyl adjacent to an activating group) is 1. The summed E-state index contributed by atoms with van der Waals surface area (Å²) >= 11 is 6.10. The van der Waals surface area contributed by atoms with Gasteiger partial charge in [0.15, 0.2) is 0 Å². The van der Waals surface area contributed by atoms with Crippen LogP contribution in [-0.4, -0.2) is 17.9 Å². The van der Waals surface area contributed by atoms with Crippen LogP contribution in [0, 0.1) is 0 Å². The van der Waals surface area contributed by atoms with Crippen molar-refractivity contribution in [3.05, 3.63) is 70.7 Å². The predicted molar refractivity (Wildman–Crippen MR) is 82.8 cm³/mol. The molecule has 1 amide bonds. The Bertz CT molecular complexity index is 583. The molecule has 2 nitrogen and oxygen atoms in total. The highest BCUT2D eigenvalue weighted by Crippen LogP contribution is 2.21. The summed E-state index contributed by atoms with van der Waals surface area (Å²) in [4.78, 5) is 14.1. The molecule has 104 valence electrons. The van der Waals surface area contributed by atoms with E-state index in [-0.39, 0.29) is 11.9 Å². The van der Waals surface area contributed by atoms with Crippen LogP contribution in [0.5, 0.6) is 0 Å². The number of hydrogen-bond acceptors (Lipinski definition) is 1. The third-order valence-corrected chi connectivity index (χ3v) is 3.92. The number of halogens is 1. The van der Waals surface area contributed by atoms with E-state index in [0.717, 1.165) is 11.1 Å². The molecule has 2 aromatic carbocycles. The van der Waals surface area contributed by atoms with E-state index in [4.69, 9.17) is 11.6 Å². The number of carbonyl (C=O) groups excluding carboxylic acids is 1. The molecule has 0 bridgehead atoms. The van der Waals surface area contributed by atoms with Crippen LogP contribution >= 0.6 is 11.6 Å². The molecule has 1 unspecified atom stereocenters. The van der Waals surface area contributed by atoms with Crippen molar-refractivity contribution in [2.75, 3.05) is 7.05 Å². The van der Waals surface area contributed by atoms with E-state index in [9.17, 15) is 4.79 Å². The molecule has 20 heavy (non-hydrogen) atoms. The predicted octanol–water partition coefficient (Wildman–Crippen LogP) is 4.10. The van der Waals surface area contributed by atoms with Crippen LogP contribution in [0.2, 0.25) is 5.02 Å². The fraction of sp³-hybridized carbons (Fsp3) is 0.235. The van der Waals surface area contributed by atoms with Gasteiger partial charge in [0.2, 0.25) is 5.91 Å². The van der Waals surface area contributed by atoms with E-state index in [0.29, 0.717) is 11.4 Å². The maximum absolute atomic E-state index is 12.3. The number of nitrogens with zero attached hydrogens (tertiary/aromatic N) is 1. The van der Waals surface area contributed by atoms with E-state index in [1.54, 1.807) is 4.90 Å². The summed E-state index contributed by atoms with van der Waals surface area (Å²) in [5, 5.41) is 0.640. The molecule has 0 aliphatic heterocycles. The molecule has 0 N–H and O–H groups in total. The summed E-state index contributed by atoms with van der Waals surface area (Å²) < 4.78 is 0. The Kier molecular flexibility index (Phi) is 4.80. The first-order valence-corrected chi connectivity index (χ1v) is 7.01. The Morgan fingerprint density at radius 2 is 1.70 bits per heavy atom. The van der Waals surface area contributed by atoms with Crippen LogP contribution in [-0.2, 0) is 11.2 Å². The summed E-state index contributed by atoms with van der Waals surface area (Å²) in [6.45, 7) is 2.03. The first kappa shape index (κ1) is 14.6. The van der Waals surface area contributed by atoms with Gasteiger partial charge in [-0.1, -0.05) is 60.1 Å². The van der Waals surface area contributed by atoms with Crippen LogP contribution in [0.15, 0.2) is 54.6 Å². The van der Waals surface area contributed by atoms with E-state index in [1.807, 2.05) is 68.6 Å². The second-order valence-electron chi connectivity index (χ2n) is 4.86. The second-order valence-corrected chi connectivity index (χ2v) is 5.27. The standard InChI is InChI=1S/C17H18ClNO/c1-13(14-8-4-3-5-9-14)19(2)17(20)12-15-10-6-7-11-16(15)18/h3-11,13H,12H2,1-2H3. The molecular weight excluding hydrogens is 270 g/mol. The van der Waals surface area contributed by atoms with Crippen molar-refractivity contribution < 1.29 is 4.79 Å². The number of amides is 1. The van der Waals surface area contributed by atoms with Crippen molar-refractivity contribution >= 4 is 17.5 Å². The van der Waals surface area contributed by atoms with Gasteiger partial charge in [0.25, 0.3) is 0 Å². The van der Waals surface area contributed by atoms with Gasteiger partial charge in [-0.3, -0.25) is 4.79 Å². The monoisotopic (exact) mass is 287 g/mol. The van der Waals surface area contributed by atoms with Crippen molar-refractivity contribution in [3.63, 3.8) is 0 Å². The van der Waals surface area contributed by atoms with Gasteiger partial charge < -0.3 is 4.90 Å². The van der Waals surface area contributed by atoms with E-state index < -0.39 is 0 Å². The fourth-order valence-corrected chi connectivity index (χ4v) is 2.30. The van der Waals surface area contributed by atoms with E-state index >= 15 is 0 Å². The van der Waals surface area contributed by atoms with Crippen molar-refractivity contribution in [1.82, 2.24) is 4.90 Å². The molecule has 0 saturated heterocycles. The van der Waals surface area contributed by atoms with Crippen molar-refractivity contribution in [2.45, 2.75) is 19.4 Å². The quantitative estimate of drug-likeness (QED) is 0.829. The van der Waals surface area contributed by atoms with E-state index in [1.165, 1.54) is 0 Å². The second kappa shape index (κ2) is 6.58. The highest BCUT2D eigenvalue weighted by molar-refractivity contribution is 6.31. The molecule has 0 saturated carbocycles. The maximum Gasteiger partial charge on any atom is 0.227 e. The average molecular weight is 288 g/mol. The lowest BCUT2D eigenvalue weighted by molar-refractivity contribution is -0.131. The Hall–Kier alpha value is -1.80. The molecule has 3 heteroatoms. The van der Waals surface area contributed by atoms with Gasteiger partial charge >= 0.3 is 0 Å². The number of rotatable bonds is 4. The third kappa shape index (κ3) is 3.40.